The van der Waals surface area contributed by atoms with Gasteiger partial charge in [0.2, 0.25) is 5.95 Å². The Bertz CT molecular complexity index is 793. The SMILES string of the molecule is O=P(O)(O)OP(=O)(O)O.O=c1[nH]c(NCO)nc2nccnc12. The highest BCUT2D eigenvalue weighted by molar-refractivity contribution is 7.60. The molecule has 0 aliphatic heterocycles. The fraction of sp³-hybridized carbons (Fsp3) is 0.143. The van der Waals surface area contributed by atoms with Gasteiger partial charge in [0.25, 0.3) is 5.56 Å². The van der Waals surface area contributed by atoms with Crippen LogP contribution in [0.4, 0.5) is 5.95 Å². The average molecular weight is 371 g/mol. The normalized spacial score (nSPS) is 11.7. The van der Waals surface area contributed by atoms with Crippen LogP contribution in [0, 0.1) is 0 Å². The van der Waals surface area contributed by atoms with E-state index in [0.29, 0.717) is 0 Å². The third kappa shape index (κ3) is 7.36. The van der Waals surface area contributed by atoms with Crippen LogP contribution in [-0.4, -0.2) is 51.3 Å². The lowest BCUT2D eigenvalue weighted by atomic mass is 10.5. The van der Waals surface area contributed by atoms with Gasteiger partial charge in [0, 0.05) is 12.4 Å². The number of aliphatic hydroxyl groups is 1. The molecule has 7 N–H and O–H groups in total. The summed E-state index contributed by atoms with van der Waals surface area (Å²) in [6.45, 7) is -0.311. The number of hydrogen-bond acceptors (Lipinski definition) is 9. The van der Waals surface area contributed by atoms with Crippen molar-refractivity contribution in [2.75, 3.05) is 12.0 Å². The maximum absolute atomic E-state index is 11.4. The van der Waals surface area contributed by atoms with E-state index in [4.69, 9.17) is 24.7 Å². The van der Waals surface area contributed by atoms with Crippen LogP contribution < -0.4 is 10.9 Å². The molecule has 16 heteroatoms. The maximum Gasteiger partial charge on any atom is 0.478 e. The lowest BCUT2D eigenvalue weighted by molar-refractivity contribution is 0.225. The summed E-state index contributed by atoms with van der Waals surface area (Å²) in [5, 5.41) is 11.0. The fourth-order valence-corrected chi connectivity index (χ4v) is 2.28. The van der Waals surface area contributed by atoms with E-state index in [1.807, 2.05) is 0 Å². The zero-order valence-corrected chi connectivity index (χ0v) is 12.8. The monoisotopic (exact) mass is 371 g/mol. The van der Waals surface area contributed by atoms with Crippen LogP contribution in [0.1, 0.15) is 0 Å². The topological polar surface area (TPSA) is 228 Å². The molecule has 2 heterocycles. The van der Waals surface area contributed by atoms with Crippen molar-refractivity contribution in [1.82, 2.24) is 19.9 Å². The number of nitrogens with zero attached hydrogens (tertiary/aromatic N) is 3. The van der Waals surface area contributed by atoms with E-state index in [0.717, 1.165) is 0 Å². The first kappa shape index (κ1) is 19.3. The third-order valence-electron chi connectivity index (χ3n) is 1.80. The van der Waals surface area contributed by atoms with Gasteiger partial charge in [0.15, 0.2) is 11.2 Å². The Morgan fingerprint density at radius 3 is 2.17 bits per heavy atom. The number of aromatic amines is 1. The molecule has 2 aromatic heterocycles. The summed E-state index contributed by atoms with van der Waals surface area (Å²) >= 11 is 0. The number of aliphatic hydroxyl groups excluding tert-OH is 1. The number of rotatable bonds is 4. The Morgan fingerprint density at radius 2 is 1.70 bits per heavy atom. The summed E-state index contributed by atoms with van der Waals surface area (Å²) in [4.78, 5) is 56.4. The highest BCUT2D eigenvalue weighted by Crippen LogP contribution is 2.53. The number of nitrogens with one attached hydrogen (secondary N) is 2. The second kappa shape index (κ2) is 7.68. The van der Waals surface area contributed by atoms with Gasteiger partial charge in [-0.1, -0.05) is 0 Å². The number of aromatic nitrogens is 4. The van der Waals surface area contributed by atoms with Crippen LogP contribution in [0.25, 0.3) is 11.2 Å². The van der Waals surface area contributed by atoms with Crippen molar-refractivity contribution in [2.45, 2.75) is 0 Å². The lowest BCUT2D eigenvalue weighted by Crippen LogP contribution is -2.15. The van der Waals surface area contributed by atoms with Crippen LogP contribution in [0.3, 0.4) is 0 Å². The minimum Gasteiger partial charge on any atom is -0.376 e. The highest BCUT2D eigenvalue weighted by Gasteiger charge is 2.27. The molecule has 14 nitrogen and oxygen atoms in total. The van der Waals surface area contributed by atoms with E-state index in [-0.39, 0.29) is 29.4 Å². The quantitative estimate of drug-likeness (QED) is 0.234. The van der Waals surface area contributed by atoms with Gasteiger partial charge < -0.3 is 30.0 Å². The summed E-state index contributed by atoms with van der Waals surface area (Å²) in [7, 11) is -10.1. The zero-order chi connectivity index (χ0) is 17.7. The molecule has 0 fully saturated rings. The van der Waals surface area contributed by atoms with Crippen LogP contribution in [0.2, 0.25) is 0 Å². The van der Waals surface area contributed by atoms with Gasteiger partial charge in [-0.15, -0.1) is 0 Å². The average Bonchev–Trinajstić information content (AvgIpc) is 2.35. The number of fused-ring (bicyclic) bond motifs is 1. The molecule has 0 aromatic carbocycles. The summed E-state index contributed by atoms with van der Waals surface area (Å²) in [6, 6.07) is 0. The first-order valence-corrected chi connectivity index (χ1v) is 8.46. The predicted molar refractivity (Wildman–Crippen MR) is 73.8 cm³/mol. The number of H-pyrrole nitrogens is 1. The van der Waals surface area contributed by atoms with Gasteiger partial charge in [-0.2, -0.15) is 9.29 Å². The minimum atomic E-state index is -5.05. The second-order valence-electron chi connectivity index (χ2n) is 3.54. The molecular formula is C7H11N5O9P2. The van der Waals surface area contributed by atoms with Gasteiger partial charge in [-0.05, 0) is 0 Å². The van der Waals surface area contributed by atoms with Crippen LogP contribution in [0.5, 0.6) is 0 Å². The Kier molecular flexibility index (Phi) is 6.44. The van der Waals surface area contributed by atoms with E-state index in [1.54, 1.807) is 0 Å². The van der Waals surface area contributed by atoms with E-state index in [2.05, 4.69) is 29.6 Å². The first-order chi connectivity index (χ1) is 10.5. The number of phosphoric acid groups is 2. The molecule has 23 heavy (non-hydrogen) atoms. The standard InChI is InChI=1S/C7H7N5O2.H4O7P2/c13-3-10-7-11-5-4(6(14)12-7)8-1-2-9-5;1-8(2,3)7-9(4,5)6/h1-2,13H,3H2,(H2,9,10,11,12,14);(H2,1,2,3)(H2,4,5,6). The van der Waals surface area contributed by atoms with Crippen molar-refractivity contribution in [1.29, 1.82) is 0 Å². The largest absolute Gasteiger partial charge is 0.478 e. The molecule has 0 bridgehead atoms. The molecule has 0 radical (unpaired) electrons. The first-order valence-electron chi connectivity index (χ1n) is 5.40. The van der Waals surface area contributed by atoms with Crippen LogP contribution in [-0.2, 0) is 13.4 Å². The number of anilines is 1. The van der Waals surface area contributed by atoms with Crippen molar-refractivity contribution in [3.63, 3.8) is 0 Å². The fourth-order valence-electron chi connectivity index (χ4n) is 1.17. The third-order valence-corrected chi connectivity index (χ3v) is 3.50. The van der Waals surface area contributed by atoms with Gasteiger partial charge in [-0.25, -0.2) is 19.1 Å². The number of hydrogen-bond donors (Lipinski definition) is 7. The van der Waals surface area contributed by atoms with Gasteiger partial charge in [-0.3, -0.25) is 9.78 Å². The van der Waals surface area contributed by atoms with Crippen LogP contribution in [0.15, 0.2) is 17.2 Å². The van der Waals surface area contributed by atoms with Crippen molar-refractivity contribution < 1.29 is 38.1 Å². The summed E-state index contributed by atoms with van der Waals surface area (Å²) in [5.74, 6) is 0.172. The van der Waals surface area contributed by atoms with E-state index in [9.17, 15) is 13.9 Å². The van der Waals surface area contributed by atoms with Crippen molar-refractivity contribution in [2.24, 2.45) is 0 Å². The molecule has 0 spiro atoms. The van der Waals surface area contributed by atoms with Crippen molar-refractivity contribution in [3.8, 4) is 0 Å². The molecule has 128 valence electrons. The highest BCUT2D eigenvalue weighted by atomic mass is 31.3. The zero-order valence-electron chi connectivity index (χ0n) is 11.0. The summed E-state index contributed by atoms with van der Waals surface area (Å²) in [6.07, 6.45) is 2.86. The smallest absolute Gasteiger partial charge is 0.376 e. The van der Waals surface area contributed by atoms with Gasteiger partial charge >= 0.3 is 15.6 Å². The molecule has 0 aliphatic rings. The van der Waals surface area contributed by atoms with Gasteiger partial charge in [0.1, 0.15) is 6.73 Å². The van der Waals surface area contributed by atoms with Gasteiger partial charge in [0.05, 0.1) is 0 Å². The molecule has 2 rings (SSSR count). The molecule has 0 atom stereocenters. The van der Waals surface area contributed by atoms with E-state index in [1.165, 1.54) is 12.4 Å². The minimum absolute atomic E-state index is 0.172. The summed E-state index contributed by atoms with van der Waals surface area (Å²) in [5.41, 5.74) is 0.0299. The molecule has 0 saturated carbocycles. The van der Waals surface area contributed by atoms with E-state index >= 15 is 0 Å². The molecule has 0 amide bonds. The van der Waals surface area contributed by atoms with E-state index < -0.39 is 15.6 Å². The Labute approximate surface area is 126 Å². The maximum atomic E-state index is 11.4. The van der Waals surface area contributed by atoms with Crippen molar-refractivity contribution in [3.05, 3.63) is 22.7 Å². The Balaban J connectivity index is 0.000000257. The summed E-state index contributed by atoms with van der Waals surface area (Å²) < 4.78 is 22.2. The predicted octanol–water partition coefficient (Wildman–Crippen LogP) is -1.74. The van der Waals surface area contributed by atoms with Crippen LogP contribution >= 0.6 is 15.6 Å². The lowest BCUT2D eigenvalue weighted by Gasteiger charge is -2.03. The molecule has 0 aliphatic carbocycles. The molecule has 2 aromatic rings. The molecule has 0 unspecified atom stereocenters. The van der Waals surface area contributed by atoms with Crippen molar-refractivity contribution >= 4 is 32.8 Å². The Morgan fingerprint density at radius 1 is 1.13 bits per heavy atom. The second-order valence-corrected chi connectivity index (χ2v) is 6.16. The molecule has 0 saturated heterocycles. The Hall–Kier alpha value is -1.76. The molecular weight excluding hydrogens is 360 g/mol.